The number of carbonyl (C=O) groups excluding carboxylic acids is 1. The SMILES string of the molecule is CC1CN(C(=O)c2cccc(C#N)c2)CC(C)(C)O1. The number of hydrogen-bond acceptors (Lipinski definition) is 3. The average molecular weight is 258 g/mol. The van der Waals surface area contributed by atoms with E-state index in [1.807, 2.05) is 20.8 Å². The summed E-state index contributed by atoms with van der Waals surface area (Å²) < 4.78 is 5.79. The minimum Gasteiger partial charge on any atom is -0.369 e. The van der Waals surface area contributed by atoms with Gasteiger partial charge in [-0.05, 0) is 39.0 Å². The van der Waals surface area contributed by atoms with E-state index in [0.717, 1.165) is 0 Å². The van der Waals surface area contributed by atoms with E-state index in [1.165, 1.54) is 0 Å². The van der Waals surface area contributed by atoms with E-state index >= 15 is 0 Å². The number of carbonyl (C=O) groups is 1. The Morgan fingerprint density at radius 1 is 1.53 bits per heavy atom. The lowest BCUT2D eigenvalue weighted by Gasteiger charge is -2.41. The maximum absolute atomic E-state index is 12.5. The second-order valence-electron chi connectivity index (χ2n) is 5.57. The molecule has 0 N–H and O–H groups in total. The van der Waals surface area contributed by atoms with Crippen LogP contribution >= 0.6 is 0 Å². The zero-order valence-electron chi connectivity index (χ0n) is 11.5. The monoisotopic (exact) mass is 258 g/mol. The predicted octanol–water partition coefficient (Wildman–Crippen LogP) is 2.20. The Morgan fingerprint density at radius 3 is 2.89 bits per heavy atom. The lowest BCUT2D eigenvalue weighted by Crippen LogP contribution is -2.53. The van der Waals surface area contributed by atoms with Crippen LogP contribution in [-0.2, 0) is 4.74 Å². The van der Waals surface area contributed by atoms with E-state index in [2.05, 4.69) is 6.07 Å². The molecule has 1 aliphatic heterocycles. The van der Waals surface area contributed by atoms with Gasteiger partial charge in [-0.15, -0.1) is 0 Å². The van der Waals surface area contributed by atoms with Crippen molar-refractivity contribution in [1.29, 1.82) is 5.26 Å². The molecule has 0 radical (unpaired) electrons. The Kier molecular flexibility index (Phi) is 3.59. The first-order valence-corrected chi connectivity index (χ1v) is 6.38. The molecule has 4 nitrogen and oxygen atoms in total. The Balaban J connectivity index is 2.21. The van der Waals surface area contributed by atoms with Crippen molar-refractivity contribution < 1.29 is 9.53 Å². The quantitative estimate of drug-likeness (QED) is 0.776. The molecule has 1 aromatic rings. The number of rotatable bonds is 1. The van der Waals surface area contributed by atoms with Crippen molar-refractivity contribution in [2.24, 2.45) is 0 Å². The number of hydrogen-bond donors (Lipinski definition) is 0. The van der Waals surface area contributed by atoms with Crippen LogP contribution in [0.3, 0.4) is 0 Å². The smallest absolute Gasteiger partial charge is 0.254 e. The van der Waals surface area contributed by atoms with Gasteiger partial charge < -0.3 is 9.64 Å². The van der Waals surface area contributed by atoms with Gasteiger partial charge in [0.1, 0.15) is 0 Å². The van der Waals surface area contributed by atoms with Crippen LogP contribution in [0, 0.1) is 11.3 Å². The van der Waals surface area contributed by atoms with Gasteiger partial charge in [-0.1, -0.05) is 6.07 Å². The third-order valence-electron chi connectivity index (χ3n) is 3.10. The van der Waals surface area contributed by atoms with Crippen molar-refractivity contribution in [3.05, 3.63) is 35.4 Å². The van der Waals surface area contributed by atoms with Gasteiger partial charge in [-0.2, -0.15) is 5.26 Å². The minimum absolute atomic E-state index is 0.0202. The van der Waals surface area contributed by atoms with Crippen molar-refractivity contribution in [2.75, 3.05) is 13.1 Å². The van der Waals surface area contributed by atoms with Crippen molar-refractivity contribution in [3.63, 3.8) is 0 Å². The van der Waals surface area contributed by atoms with Gasteiger partial charge in [0.15, 0.2) is 0 Å². The van der Waals surface area contributed by atoms with E-state index in [4.69, 9.17) is 10.00 Å². The van der Waals surface area contributed by atoms with Crippen molar-refractivity contribution in [1.82, 2.24) is 4.90 Å². The first-order chi connectivity index (χ1) is 8.91. The highest BCUT2D eigenvalue weighted by Crippen LogP contribution is 2.22. The van der Waals surface area contributed by atoms with Crippen molar-refractivity contribution in [2.45, 2.75) is 32.5 Å². The number of morpholine rings is 1. The number of nitrogens with zero attached hydrogens (tertiary/aromatic N) is 2. The third kappa shape index (κ3) is 3.12. The van der Waals surface area contributed by atoms with Gasteiger partial charge in [-0.3, -0.25) is 4.79 Å². The third-order valence-corrected chi connectivity index (χ3v) is 3.10. The predicted molar refractivity (Wildman–Crippen MR) is 71.7 cm³/mol. The first kappa shape index (κ1) is 13.6. The second kappa shape index (κ2) is 5.02. The molecule has 4 heteroatoms. The molecule has 0 aliphatic carbocycles. The fraction of sp³-hybridized carbons (Fsp3) is 0.467. The summed E-state index contributed by atoms with van der Waals surface area (Å²) in [6, 6.07) is 8.87. The van der Waals surface area contributed by atoms with Gasteiger partial charge in [0.2, 0.25) is 0 Å². The summed E-state index contributed by atoms with van der Waals surface area (Å²) in [5, 5.41) is 8.88. The van der Waals surface area contributed by atoms with Gasteiger partial charge in [0, 0.05) is 18.7 Å². The Bertz CT molecular complexity index is 531. The van der Waals surface area contributed by atoms with Crippen LogP contribution in [0.4, 0.5) is 0 Å². The molecule has 0 spiro atoms. The van der Waals surface area contributed by atoms with Gasteiger partial charge in [-0.25, -0.2) is 0 Å². The molecule has 1 heterocycles. The number of amides is 1. The Morgan fingerprint density at radius 2 is 2.26 bits per heavy atom. The summed E-state index contributed by atoms with van der Waals surface area (Å²) in [6.07, 6.45) is 0.0202. The molecule has 0 bridgehead atoms. The van der Waals surface area contributed by atoms with Crippen molar-refractivity contribution in [3.8, 4) is 6.07 Å². The highest BCUT2D eigenvalue weighted by molar-refractivity contribution is 5.94. The van der Waals surface area contributed by atoms with Gasteiger partial charge in [0.25, 0.3) is 5.91 Å². The molecule has 19 heavy (non-hydrogen) atoms. The largest absolute Gasteiger partial charge is 0.369 e. The molecule has 1 saturated heterocycles. The van der Waals surface area contributed by atoms with Crippen LogP contribution < -0.4 is 0 Å². The summed E-state index contributed by atoms with van der Waals surface area (Å²) in [4.78, 5) is 14.3. The molecular formula is C15H18N2O2. The molecule has 1 amide bonds. The van der Waals surface area contributed by atoms with Crippen LogP contribution in [0.25, 0.3) is 0 Å². The van der Waals surface area contributed by atoms with Crippen molar-refractivity contribution >= 4 is 5.91 Å². The van der Waals surface area contributed by atoms with Crippen LogP contribution in [-0.4, -0.2) is 35.6 Å². The van der Waals surface area contributed by atoms with Crippen LogP contribution in [0.1, 0.15) is 36.7 Å². The Labute approximate surface area is 113 Å². The minimum atomic E-state index is -0.333. The fourth-order valence-electron chi connectivity index (χ4n) is 2.51. The van der Waals surface area contributed by atoms with E-state index in [1.54, 1.807) is 29.2 Å². The lowest BCUT2D eigenvalue weighted by molar-refractivity contribution is -0.118. The highest BCUT2D eigenvalue weighted by atomic mass is 16.5. The lowest BCUT2D eigenvalue weighted by atomic mass is 10.0. The topological polar surface area (TPSA) is 53.3 Å². The second-order valence-corrected chi connectivity index (χ2v) is 5.57. The van der Waals surface area contributed by atoms with E-state index < -0.39 is 0 Å². The van der Waals surface area contributed by atoms with E-state index in [-0.39, 0.29) is 17.6 Å². The molecule has 1 aliphatic rings. The summed E-state index contributed by atoms with van der Waals surface area (Å²) in [5.74, 6) is -0.0414. The number of nitriles is 1. The number of benzene rings is 1. The van der Waals surface area contributed by atoms with E-state index in [9.17, 15) is 4.79 Å². The number of ether oxygens (including phenoxy) is 1. The average Bonchev–Trinajstić information content (AvgIpc) is 2.35. The molecule has 1 unspecified atom stereocenters. The zero-order valence-corrected chi connectivity index (χ0v) is 11.5. The first-order valence-electron chi connectivity index (χ1n) is 6.38. The zero-order chi connectivity index (χ0) is 14.0. The summed E-state index contributed by atoms with van der Waals surface area (Å²) in [6.45, 7) is 7.07. The van der Waals surface area contributed by atoms with E-state index in [0.29, 0.717) is 24.2 Å². The summed E-state index contributed by atoms with van der Waals surface area (Å²) >= 11 is 0. The molecule has 2 rings (SSSR count). The van der Waals surface area contributed by atoms with Gasteiger partial charge >= 0.3 is 0 Å². The maximum atomic E-state index is 12.5. The molecule has 100 valence electrons. The molecule has 0 saturated carbocycles. The molecular weight excluding hydrogens is 240 g/mol. The molecule has 1 aromatic carbocycles. The highest BCUT2D eigenvalue weighted by Gasteiger charge is 2.33. The van der Waals surface area contributed by atoms with Crippen LogP contribution in [0.2, 0.25) is 0 Å². The maximum Gasteiger partial charge on any atom is 0.254 e. The summed E-state index contributed by atoms with van der Waals surface area (Å²) in [7, 11) is 0. The molecule has 1 atom stereocenters. The normalized spacial score (nSPS) is 21.8. The molecule has 1 fully saturated rings. The Hall–Kier alpha value is -1.86. The molecule has 0 aromatic heterocycles. The van der Waals surface area contributed by atoms with Gasteiger partial charge in [0.05, 0.1) is 23.3 Å². The summed E-state index contributed by atoms with van der Waals surface area (Å²) in [5.41, 5.74) is 0.732. The van der Waals surface area contributed by atoms with Crippen LogP contribution in [0.15, 0.2) is 24.3 Å². The fourth-order valence-corrected chi connectivity index (χ4v) is 2.51. The standard InChI is InChI=1S/C15H18N2O2/c1-11-9-17(10-15(2,3)19-11)14(18)13-6-4-5-12(7-13)8-16/h4-7,11H,9-10H2,1-3H3. The van der Waals surface area contributed by atoms with Crippen LogP contribution in [0.5, 0.6) is 0 Å².